The Labute approximate surface area is 139 Å². The molecule has 1 atom stereocenters. The molecule has 0 aromatic carbocycles. The molecule has 7 nitrogen and oxygen atoms in total. The number of carbonyl (C=O) groups excluding carboxylic acids is 1. The number of hydrogen-bond acceptors (Lipinski definition) is 4. The fourth-order valence-electron chi connectivity index (χ4n) is 3.11. The van der Waals surface area contributed by atoms with Gasteiger partial charge in [0.25, 0.3) is 5.91 Å². The minimum absolute atomic E-state index is 0.0301. The summed E-state index contributed by atoms with van der Waals surface area (Å²) in [5, 5.41) is 13.1. The Morgan fingerprint density at radius 3 is 2.92 bits per heavy atom. The van der Waals surface area contributed by atoms with Crippen LogP contribution >= 0.6 is 0 Å². The largest absolute Gasteiger partial charge is 0.481 e. The van der Waals surface area contributed by atoms with Crippen LogP contribution in [0.1, 0.15) is 42.6 Å². The summed E-state index contributed by atoms with van der Waals surface area (Å²) >= 11 is 0. The van der Waals surface area contributed by atoms with Crippen LogP contribution in [-0.2, 0) is 4.79 Å². The fourth-order valence-corrected chi connectivity index (χ4v) is 3.11. The lowest BCUT2D eigenvalue weighted by Crippen LogP contribution is -2.44. The first kappa shape index (κ1) is 16.2. The molecule has 2 aromatic heterocycles. The lowest BCUT2D eigenvalue weighted by Gasteiger charge is -2.35. The highest BCUT2D eigenvalue weighted by Gasteiger charge is 2.28. The number of hydrogen-bond donors (Lipinski definition) is 1. The van der Waals surface area contributed by atoms with Crippen molar-refractivity contribution in [1.29, 1.82) is 0 Å². The summed E-state index contributed by atoms with van der Waals surface area (Å²) in [6, 6.07) is 5.30. The summed E-state index contributed by atoms with van der Waals surface area (Å²) in [5.41, 5.74) is 1.14. The molecule has 24 heavy (non-hydrogen) atoms. The van der Waals surface area contributed by atoms with Crippen LogP contribution in [0.25, 0.3) is 5.69 Å². The number of nitrogens with zero attached hydrogens (tertiary/aromatic N) is 4. The molecule has 1 unspecified atom stereocenters. The smallest absolute Gasteiger partial charge is 0.303 e. The van der Waals surface area contributed by atoms with Crippen LogP contribution in [0.4, 0.5) is 0 Å². The second-order valence-corrected chi connectivity index (χ2v) is 5.93. The number of carboxylic acids is 1. The van der Waals surface area contributed by atoms with Crippen molar-refractivity contribution in [1.82, 2.24) is 19.7 Å². The van der Waals surface area contributed by atoms with Gasteiger partial charge in [-0.3, -0.25) is 14.6 Å². The molecule has 3 heterocycles. The van der Waals surface area contributed by atoms with E-state index in [1.165, 1.54) is 0 Å². The van der Waals surface area contributed by atoms with Crippen LogP contribution in [-0.4, -0.2) is 49.2 Å². The first-order valence-electron chi connectivity index (χ1n) is 8.14. The summed E-state index contributed by atoms with van der Waals surface area (Å²) < 4.78 is 1.68. The van der Waals surface area contributed by atoms with Crippen molar-refractivity contribution in [2.75, 3.05) is 6.54 Å². The van der Waals surface area contributed by atoms with Gasteiger partial charge in [0, 0.05) is 37.6 Å². The molecule has 0 radical (unpaired) electrons. The van der Waals surface area contributed by atoms with E-state index in [1.54, 1.807) is 40.3 Å². The first-order chi connectivity index (χ1) is 11.6. The van der Waals surface area contributed by atoms with Gasteiger partial charge in [-0.15, -0.1) is 0 Å². The maximum absolute atomic E-state index is 12.9. The van der Waals surface area contributed by atoms with Crippen molar-refractivity contribution >= 4 is 11.9 Å². The molecule has 0 spiro atoms. The molecule has 1 N–H and O–H groups in total. The molecule has 7 heteroatoms. The molecular weight excluding hydrogens is 308 g/mol. The summed E-state index contributed by atoms with van der Waals surface area (Å²) in [6.07, 6.45) is 8.45. The highest BCUT2D eigenvalue weighted by molar-refractivity contribution is 5.93. The van der Waals surface area contributed by atoms with E-state index in [4.69, 9.17) is 5.11 Å². The van der Waals surface area contributed by atoms with E-state index >= 15 is 0 Å². The van der Waals surface area contributed by atoms with Gasteiger partial charge in [-0.25, -0.2) is 4.68 Å². The normalized spacial score (nSPS) is 17.7. The fraction of sp³-hybridized carbons (Fsp3) is 0.412. The number of piperidine rings is 1. The van der Waals surface area contributed by atoms with Crippen molar-refractivity contribution in [2.45, 2.75) is 38.1 Å². The summed E-state index contributed by atoms with van der Waals surface area (Å²) in [5.74, 6) is -0.967. The Morgan fingerprint density at radius 1 is 1.29 bits per heavy atom. The van der Waals surface area contributed by atoms with Gasteiger partial charge in [0.2, 0.25) is 0 Å². The summed E-state index contributed by atoms with van der Waals surface area (Å²) in [6.45, 7) is 0.650. The van der Waals surface area contributed by atoms with Crippen molar-refractivity contribution in [3.05, 3.63) is 42.5 Å². The third kappa shape index (κ3) is 3.61. The molecular formula is C17H20N4O3. The number of rotatable bonds is 5. The number of pyridine rings is 1. The third-order valence-corrected chi connectivity index (χ3v) is 4.31. The zero-order chi connectivity index (χ0) is 16.9. The van der Waals surface area contributed by atoms with Gasteiger partial charge in [0.1, 0.15) is 5.69 Å². The highest BCUT2D eigenvalue weighted by atomic mass is 16.4. The van der Waals surface area contributed by atoms with E-state index in [-0.39, 0.29) is 18.4 Å². The third-order valence-electron chi connectivity index (χ3n) is 4.31. The minimum atomic E-state index is -0.827. The molecule has 1 amide bonds. The summed E-state index contributed by atoms with van der Waals surface area (Å²) in [7, 11) is 0. The number of amides is 1. The van der Waals surface area contributed by atoms with E-state index in [0.29, 0.717) is 18.7 Å². The average molecular weight is 328 g/mol. The molecule has 1 aliphatic heterocycles. The molecule has 3 rings (SSSR count). The Bertz CT molecular complexity index is 714. The second kappa shape index (κ2) is 7.25. The molecule has 1 fully saturated rings. The minimum Gasteiger partial charge on any atom is -0.481 e. The van der Waals surface area contributed by atoms with Crippen molar-refractivity contribution < 1.29 is 14.7 Å². The number of likely N-dealkylation sites (tertiary alicyclic amines) is 1. The Hall–Kier alpha value is -2.70. The van der Waals surface area contributed by atoms with Gasteiger partial charge in [-0.1, -0.05) is 0 Å². The molecule has 1 aliphatic rings. The molecule has 1 saturated heterocycles. The van der Waals surface area contributed by atoms with Gasteiger partial charge in [0.15, 0.2) is 0 Å². The Morgan fingerprint density at radius 2 is 2.17 bits per heavy atom. The zero-order valence-electron chi connectivity index (χ0n) is 13.3. The Kier molecular flexibility index (Phi) is 4.88. The molecule has 0 bridgehead atoms. The standard InChI is InChI=1S/C17H20N4O3/c22-16(23)6-5-13-4-1-2-10-20(13)17(24)15-12-14(7-9-18-15)21-11-3-8-19-21/h3,7-9,11-13H,1-2,4-6,10H2,(H,22,23). The summed E-state index contributed by atoms with van der Waals surface area (Å²) in [4.78, 5) is 29.7. The number of carboxylic acid groups (broad SMARTS) is 1. The lowest BCUT2D eigenvalue weighted by atomic mass is 9.97. The SMILES string of the molecule is O=C(O)CCC1CCCCN1C(=O)c1cc(-n2cccn2)ccn1. The molecule has 0 aliphatic carbocycles. The molecule has 126 valence electrons. The van der Waals surface area contributed by atoms with Crippen LogP contribution in [0.3, 0.4) is 0 Å². The maximum atomic E-state index is 12.9. The zero-order valence-corrected chi connectivity index (χ0v) is 13.3. The van der Waals surface area contributed by atoms with Crippen molar-refractivity contribution in [2.24, 2.45) is 0 Å². The quantitative estimate of drug-likeness (QED) is 0.908. The van der Waals surface area contributed by atoms with E-state index in [9.17, 15) is 9.59 Å². The second-order valence-electron chi connectivity index (χ2n) is 5.93. The van der Waals surface area contributed by atoms with Gasteiger partial charge >= 0.3 is 5.97 Å². The van der Waals surface area contributed by atoms with E-state index in [1.807, 2.05) is 6.07 Å². The van der Waals surface area contributed by atoms with Gasteiger partial charge in [-0.2, -0.15) is 5.10 Å². The maximum Gasteiger partial charge on any atom is 0.303 e. The number of aliphatic carboxylic acids is 1. The van der Waals surface area contributed by atoms with Gasteiger partial charge in [0.05, 0.1) is 5.69 Å². The van der Waals surface area contributed by atoms with E-state index in [0.717, 1.165) is 24.9 Å². The van der Waals surface area contributed by atoms with Crippen LogP contribution in [0.2, 0.25) is 0 Å². The van der Waals surface area contributed by atoms with Gasteiger partial charge < -0.3 is 10.0 Å². The van der Waals surface area contributed by atoms with E-state index in [2.05, 4.69) is 10.1 Å². The molecule has 2 aromatic rings. The predicted octanol–water partition coefficient (Wildman–Crippen LogP) is 2.13. The van der Waals surface area contributed by atoms with Crippen LogP contribution in [0.5, 0.6) is 0 Å². The monoisotopic (exact) mass is 328 g/mol. The van der Waals surface area contributed by atoms with Gasteiger partial charge in [-0.05, 0) is 43.9 Å². The molecule has 0 saturated carbocycles. The number of carbonyl (C=O) groups is 2. The van der Waals surface area contributed by atoms with E-state index < -0.39 is 5.97 Å². The lowest BCUT2D eigenvalue weighted by molar-refractivity contribution is -0.137. The average Bonchev–Trinajstić information content (AvgIpc) is 3.14. The van der Waals surface area contributed by atoms with Crippen LogP contribution in [0.15, 0.2) is 36.8 Å². The van der Waals surface area contributed by atoms with Crippen molar-refractivity contribution in [3.8, 4) is 5.69 Å². The highest BCUT2D eigenvalue weighted by Crippen LogP contribution is 2.23. The van der Waals surface area contributed by atoms with Crippen molar-refractivity contribution in [3.63, 3.8) is 0 Å². The predicted molar refractivity (Wildman–Crippen MR) is 86.9 cm³/mol. The van der Waals surface area contributed by atoms with Crippen LogP contribution in [0, 0.1) is 0 Å². The topological polar surface area (TPSA) is 88.3 Å². The van der Waals surface area contributed by atoms with Crippen LogP contribution < -0.4 is 0 Å². The number of aromatic nitrogens is 3. The Balaban J connectivity index is 1.79. The first-order valence-corrected chi connectivity index (χ1v) is 8.14.